The number of urea groups is 1. The van der Waals surface area contributed by atoms with Crippen LogP contribution in [0.2, 0.25) is 0 Å². The lowest BCUT2D eigenvalue weighted by atomic mass is 10.2. The summed E-state index contributed by atoms with van der Waals surface area (Å²) in [4.78, 5) is 11.6. The van der Waals surface area contributed by atoms with Gasteiger partial charge < -0.3 is 10.6 Å². The summed E-state index contributed by atoms with van der Waals surface area (Å²) in [7, 11) is 0. The van der Waals surface area contributed by atoms with Gasteiger partial charge >= 0.3 is 6.03 Å². The average Bonchev–Trinajstić information content (AvgIpc) is 2.95. The van der Waals surface area contributed by atoms with Crippen molar-refractivity contribution in [1.29, 1.82) is 0 Å². The summed E-state index contributed by atoms with van der Waals surface area (Å²) < 4.78 is 1.99. The summed E-state index contributed by atoms with van der Waals surface area (Å²) in [6, 6.07) is 2.43. The first-order chi connectivity index (χ1) is 9.15. The highest BCUT2D eigenvalue weighted by molar-refractivity contribution is 5.74. The van der Waals surface area contributed by atoms with Crippen LogP contribution < -0.4 is 10.6 Å². The van der Waals surface area contributed by atoms with Crippen molar-refractivity contribution in [2.75, 3.05) is 6.54 Å². The molecule has 0 aliphatic heterocycles. The number of carbonyl (C=O) groups excluding carboxylic acids is 1. The molecule has 1 heterocycles. The van der Waals surface area contributed by atoms with Gasteiger partial charge in [0.2, 0.25) is 0 Å². The van der Waals surface area contributed by atoms with Crippen LogP contribution in [0.5, 0.6) is 0 Å². The second kappa shape index (κ2) is 6.59. The molecule has 0 radical (unpaired) electrons. The van der Waals surface area contributed by atoms with Gasteiger partial charge in [-0.25, -0.2) is 4.79 Å². The quantitative estimate of drug-likeness (QED) is 0.800. The van der Waals surface area contributed by atoms with Crippen molar-refractivity contribution in [3.05, 3.63) is 17.5 Å². The molecule has 2 rings (SSSR count). The maximum absolute atomic E-state index is 11.6. The summed E-state index contributed by atoms with van der Waals surface area (Å²) in [5.41, 5.74) is 2.22. The van der Waals surface area contributed by atoms with Crippen LogP contribution in [-0.4, -0.2) is 28.4 Å². The average molecular weight is 264 g/mol. The Hall–Kier alpha value is -1.52. The molecule has 1 aromatic heterocycles. The van der Waals surface area contributed by atoms with E-state index in [-0.39, 0.29) is 6.03 Å². The number of nitrogens with one attached hydrogen (secondary N) is 2. The second-order valence-electron chi connectivity index (χ2n) is 5.39. The maximum Gasteiger partial charge on any atom is 0.315 e. The van der Waals surface area contributed by atoms with E-state index in [1.54, 1.807) is 0 Å². The van der Waals surface area contributed by atoms with E-state index in [4.69, 9.17) is 0 Å². The lowest BCUT2D eigenvalue weighted by Gasteiger charge is -2.13. The molecule has 2 N–H and O–H groups in total. The first kappa shape index (κ1) is 13.9. The lowest BCUT2D eigenvalue weighted by Crippen LogP contribution is -2.41. The summed E-state index contributed by atoms with van der Waals surface area (Å²) in [5.74, 6) is 0. The van der Waals surface area contributed by atoms with Gasteiger partial charge in [0.1, 0.15) is 0 Å². The van der Waals surface area contributed by atoms with Crippen molar-refractivity contribution in [2.24, 2.45) is 0 Å². The molecule has 0 bridgehead atoms. The van der Waals surface area contributed by atoms with Gasteiger partial charge in [-0.3, -0.25) is 4.68 Å². The Bertz CT molecular complexity index is 421. The van der Waals surface area contributed by atoms with Gasteiger partial charge in [-0.15, -0.1) is 0 Å². The molecule has 0 saturated heterocycles. The number of aryl methyl sites for hydroxylation is 3. The number of hydrogen-bond acceptors (Lipinski definition) is 2. The van der Waals surface area contributed by atoms with E-state index >= 15 is 0 Å². The number of hydrogen-bond donors (Lipinski definition) is 2. The summed E-state index contributed by atoms with van der Waals surface area (Å²) in [6.45, 7) is 5.59. The van der Waals surface area contributed by atoms with Gasteiger partial charge in [0.15, 0.2) is 0 Å². The summed E-state index contributed by atoms with van der Waals surface area (Å²) in [5, 5.41) is 10.3. The topological polar surface area (TPSA) is 59.0 Å². The molecular weight excluding hydrogens is 240 g/mol. The largest absolute Gasteiger partial charge is 0.338 e. The van der Waals surface area contributed by atoms with Crippen molar-refractivity contribution in [3.8, 4) is 0 Å². The highest BCUT2D eigenvalue weighted by atomic mass is 16.2. The number of carbonyl (C=O) groups is 1. The van der Waals surface area contributed by atoms with E-state index in [2.05, 4.69) is 28.7 Å². The van der Waals surface area contributed by atoms with E-state index in [1.807, 2.05) is 11.6 Å². The molecule has 0 aromatic carbocycles. The van der Waals surface area contributed by atoms with Crippen LogP contribution in [0.3, 0.4) is 0 Å². The zero-order valence-electron chi connectivity index (χ0n) is 11.9. The van der Waals surface area contributed by atoms with Gasteiger partial charge in [-0.1, -0.05) is 12.8 Å². The fraction of sp³-hybridized carbons (Fsp3) is 0.714. The minimum Gasteiger partial charge on any atom is -0.338 e. The SMILES string of the molecule is Cc1cc(C)n(CCCNC(=O)NC2CCCC2)n1. The Morgan fingerprint density at radius 1 is 1.42 bits per heavy atom. The molecule has 1 fully saturated rings. The van der Waals surface area contributed by atoms with Gasteiger partial charge in [0, 0.05) is 24.8 Å². The molecule has 1 aliphatic rings. The third-order valence-electron chi connectivity index (χ3n) is 3.63. The Morgan fingerprint density at radius 2 is 2.16 bits per heavy atom. The van der Waals surface area contributed by atoms with Gasteiger partial charge in [-0.2, -0.15) is 5.10 Å². The first-order valence-corrected chi connectivity index (χ1v) is 7.20. The van der Waals surface area contributed by atoms with Crippen LogP contribution in [0, 0.1) is 13.8 Å². The second-order valence-corrected chi connectivity index (χ2v) is 5.39. The maximum atomic E-state index is 11.6. The van der Waals surface area contributed by atoms with E-state index in [0.29, 0.717) is 12.6 Å². The molecule has 1 saturated carbocycles. The molecule has 0 spiro atoms. The molecule has 0 atom stereocenters. The Morgan fingerprint density at radius 3 is 2.79 bits per heavy atom. The third kappa shape index (κ3) is 4.26. The van der Waals surface area contributed by atoms with Crippen LogP contribution in [0.25, 0.3) is 0 Å². The van der Waals surface area contributed by atoms with Crippen LogP contribution in [-0.2, 0) is 6.54 Å². The number of nitrogens with zero attached hydrogens (tertiary/aromatic N) is 2. The van der Waals surface area contributed by atoms with Gasteiger partial charge in [0.05, 0.1) is 5.69 Å². The van der Waals surface area contributed by atoms with Crippen LogP contribution in [0.4, 0.5) is 4.79 Å². The number of aromatic nitrogens is 2. The molecule has 106 valence electrons. The Kier molecular flexibility index (Phi) is 4.82. The molecular formula is C14H24N4O. The van der Waals surface area contributed by atoms with Crippen molar-refractivity contribution < 1.29 is 4.79 Å². The molecule has 5 heteroatoms. The third-order valence-corrected chi connectivity index (χ3v) is 3.63. The predicted octanol–water partition coefficient (Wildman–Crippen LogP) is 2.13. The minimum atomic E-state index is -0.0275. The highest BCUT2D eigenvalue weighted by Gasteiger charge is 2.16. The summed E-state index contributed by atoms with van der Waals surface area (Å²) >= 11 is 0. The van der Waals surface area contributed by atoms with Crippen molar-refractivity contribution in [3.63, 3.8) is 0 Å². The standard InChI is InChI=1S/C14H24N4O/c1-11-10-12(2)18(17-11)9-5-8-15-14(19)16-13-6-3-4-7-13/h10,13H,3-9H2,1-2H3,(H2,15,16,19). The van der Waals surface area contributed by atoms with Crippen LogP contribution in [0.1, 0.15) is 43.5 Å². The smallest absolute Gasteiger partial charge is 0.315 e. The zero-order chi connectivity index (χ0) is 13.7. The summed E-state index contributed by atoms with van der Waals surface area (Å²) in [6.07, 6.45) is 5.63. The fourth-order valence-electron chi connectivity index (χ4n) is 2.64. The molecule has 1 aromatic rings. The first-order valence-electron chi connectivity index (χ1n) is 7.20. The minimum absolute atomic E-state index is 0.0275. The normalized spacial score (nSPS) is 15.7. The zero-order valence-corrected chi connectivity index (χ0v) is 11.9. The Labute approximate surface area is 114 Å². The molecule has 19 heavy (non-hydrogen) atoms. The van der Waals surface area contributed by atoms with E-state index in [1.165, 1.54) is 18.5 Å². The van der Waals surface area contributed by atoms with E-state index in [9.17, 15) is 4.79 Å². The van der Waals surface area contributed by atoms with Crippen molar-refractivity contribution in [1.82, 2.24) is 20.4 Å². The van der Waals surface area contributed by atoms with Gasteiger partial charge in [0.25, 0.3) is 0 Å². The lowest BCUT2D eigenvalue weighted by molar-refractivity contribution is 0.236. The van der Waals surface area contributed by atoms with E-state index in [0.717, 1.165) is 31.5 Å². The van der Waals surface area contributed by atoms with E-state index < -0.39 is 0 Å². The van der Waals surface area contributed by atoms with Crippen molar-refractivity contribution >= 4 is 6.03 Å². The Balaban J connectivity index is 1.61. The predicted molar refractivity (Wildman–Crippen MR) is 75.1 cm³/mol. The van der Waals surface area contributed by atoms with Crippen molar-refractivity contribution in [2.45, 2.75) is 58.5 Å². The number of amides is 2. The van der Waals surface area contributed by atoms with Crippen LogP contribution >= 0.6 is 0 Å². The fourth-order valence-corrected chi connectivity index (χ4v) is 2.64. The molecule has 5 nitrogen and oxygen atoms in total. The number of rotatable bonds is 5. The van der Waals surface area contributed by atoms with Crippen LogP contribution in [0.15, 0.2) is 6.07 Å². The monoisotopic (exact) mass is 264 g/mol. The molecule has 0 unspecified atom stereocenters. The molecule has 1 aliphatic carbocycles. The molecule has 2 amide bonds. The van der Waals surface area contributed by atoms with Gasteiger partial charge in [-0.05, 0) is 39.2 Å². The highest BCUT2D eigenvalue weighted by Crippen LogP contribution is 2.17.